The molecule has 4 rings (SSSR count). The maximum absolute atomic E-state index is 14.6. The van der Waals surface area contributed by atoms with E-state index in [-0.39, 0.29) is 35.2 Å². The largest absolute Gasteiger partial charge is 0.366 e. The minimum atomic E-state index is -0.902. The summed E-state index contributed by atoms with van der Waals surface area (Å²) in [6.45, 7) is 0. The molecule has 2 heterocycles. The fraction of sp³-hybridized carbons (Fsp3) is 0.0500. The van der Waals surface area contributed by atoms with Gasteiger partial charge in [0.25, 0.3) is 5.56 Å². The van der Waals surface area contributed by atoms with Gasteiger partial charge in [-0.1, -0.05) is 13.5 Å². The third-order valence-corrected chi connectivity index (χ3v) is 4.26. The lowest BCUT2D eigenvalue weighted by atomic mass is 10.1. The van der Waals surface area contributed by atoms with Crippen molar-refractivity contribution in [2.75, 3.05) is 0 Å². The van der Waals surface area contributed by atoms with E-state index in [1.807, 2.05) is 0 Å². The number of nitrogens with two attached hydrogens (primary N) is 1. The molecule has 0 radical (unpaired) electrons. The first-order valence-corrected chi connectivity index (χ1v) is 8.03. The molecular weight excluding hydrogens is 385 g/mol. The molecule has 0 bridgehead atoms. The van der Waals surface area contributed by atoms with Crippen LogP contribution in [-0.2, 0) is 0 Å². The Bertz CT molecular complexity index is 1290. The first kappa shape index (κ1) is 19.9. The van der Waals surface area contributed by atoms with Gasteiger partial charge in [0.15, 0.2) is 11.6 Å². The van der Waals surface area contributed by atoms with Crippen molar-refractivity contribution in [2.45, 2.75) is 7.43 Å². The van der Waals surface area contributed by atoms with E-state index < -0.39 is 34.6 Å². The zero-order valence-corrected chi connectivity index (χ0v) is 14.0. The molecule has 0 aliphatic heterocycles. The lowest BCUT2D eigenvalue weighted by Crippen LogP contribution is -2.11. The molecule has 0 aliphatic carbocycles. The van der Waals surface area contributed by atoms with Crippen molar-refractivity contribution in [3.8, 4) is 16.9 Å². The molecule has 0 saturated carbocycles. The van der Waals surface area contributed by atoms with E-state index in [9.17, 15) is 22.8 Å². The molecule has 1 amide bonds. The Kier molecular flexibility index (Phi) is 4.98. The van der Waals surface area contributed by atoms with E-state index in [1.54, 1.807) is 0 Å². The lowest BCUT2D eigenvalue weighted by Gasteiger charge is -2.06. The Balaban J connectivity index is 0.00000240. The molecule has 0 unspecified atom stereocenters. The number of benzene rings is 2. The summed E-state index contributed by atoms with van der Waals surface area (Å²) >= 11 is 0. The summed E-state index contributed by atoms with van der Waals surface area (Å²) in [5.74, 6) is -3.49. The number of H-pyrrole nitrogens is 1. The normalized spacial score (nSPS) is 10.7. The number of aromatic nitrogens is 3. The number of carbonyl (C=O) groups is 1. The van der Waals surface area contributed by atoms with Crippen molar-refractivity contribution in [2.24, 2.45) is 5.73 Å². The minimum absolute atomic E-state index is 0. The summed E-state index contributed by atoms with van der Waals surface area (Å²) in [6, 6.07) is 8.08. The Morgan fingerprint density at radius 1 is 1.03 bits per heavy atom. The molecule has 0 saturated heterocycles. The molecule has 2 aromatic heterocycles. The van der Waals surface area contributed by atoms with Crippen molar-refractivity contribution < 1.29 is 18.0 Å². The van der Waals surface area contributed by atoms with Gasteiger partial charge >= 0.3 is 0 Å². The molecule has 0 atom stereocenters. The van der Waals surface area contributed by atoms with Crippen molar-refractivity contribution in [1.29, 1.82) is 0 Å². The number of para-hydroxylation sites is 1. The second-order valence-corrected chi connectivity index (χ2v) is 5.96. The number of hydrogen-bond donors (Lipinski definition) is 2. The van der Waals surface area contributed by atoms with Crippen LogP contribution in [0.3, 0.4) is 0 Å². The fourth-order valence-electron chi connectivity index (χ4n) is 2.99. The summed E-state index contributed by atoms with van der Waals surface area (Å²) in [7, 11) is 0. The van der Waals surface area contributed by atoms with E-state index in [0.29, 0.717) is 0 Å². The van der Waals surface area contributed by atoms with Crippen LogP contribution in [0.15, 0.2) is 53.5 Å². The van der Waals surface area contributed by atoms with Crippen LogP contribution in [0.2, 0.25) is 0 Å². The molecule has 9 heteroatoms. The first-order chi connectivity index (χ1) is 13.4. The monoisotopic (exact) mass is 400 g/mol. The highest BCUT2D eigenvalue weighted by Crippen LogP contribution is 2.31. The van der Waals surface area contributed by atoms with E-state index in [4.69, 9.17) is 5.73 Å². The fourth-order valence-corrected chi connectivity index (χ4v) is 2.99. The van der Waals surface area contributed by atoms with E-state index >= 15 is 0 Å². The molecule has 2 aromatic carbocycles. The molecule has 29 heavy (non-hydrogen) atoms. The van der Waals surface area contributed by atoms with Crippen LogP contribution in [0.4, 0.5) is 13.2 Å². The topological polar surface area (TPSA) is 93.8 Å². The Morgan fingerprint density at radius 2 is 1.72 bits per heavy atom. The quantitative estimate of drug-likeness (QED) is 0.551. The van der Waals surface area contributed by atoms with Gasteiger partial charge in [0.05, 0.1) is 10.9 Å². The molecule has 148 valence electrons. The van der Waals surface area contributed by atoms with Gasteiger partial charge in [-0.2, -0.15) is 5.10 Å². The number of hydrogen-bond acceptors (Lipinski definition) is 3. The number of halogens is 3. The van der Waals surface area contributed by atoms with Crippen LogP contribution < -0.4 is 11.3 Å². The van der Waals surface area contributed by atoms with Gasteiger partial charge in [0.2, 0.25) is 5.91 Å². The van der Waals surface area contributed by atoms with Gasteiger partial charge in [-0.3, -0.25) is 9.59 Å². The molecule has 3 N–H and O–H groups in total. The smallest absolute Gasteiger partial charge is 0.259 e. The highest BCUT2D eigenvalue weighted by atomic mass is 19.1. The first-order valence-electron chi connectivity index (χ1n) is 8.03. The van der Waals surface area contributed by atoms with Crippen LogP contribution in [0.1, 0.15) is 17.8 Å². The maximum atomic E-state index is 14.6. The summed E-state index contributed by atoms with van der Waals surface area (Å²) in [5, 5.41) is 4.05. The minimum Gasteiger partial charge on any atom is -0.366 e. The van der Waals surface area contributed by atoms with Gasteiger partial charge in [-0.25, -0.2) is 17.9 Å². The molecule has 0 fully saturated rings. The third-order valence-electron chi connectivity index (χ3n) is 4.26. The van der Waals surface area contributed by atoms with Gasteiger partial charge in [-0.05, 0) is 36.4 Å². The second-order valence-electron chi connectivity index (χ2n) is 5.96. The Hall–Kier alpha value is -3.88. The Labute approximate surface area is 162 Å². The van der Waals surface area contributed by atoms with Crippen LogP contribution in [0.25, 0.3) is 27.8 Å². The van der Waals surface area contributed by atoms with E-state index in [2.05, 4.69) is 10.1 Å². The Morgan fingerprint density at radius 3 is 2.34 bits per heavy atom. The van der Waals surface area contributed by atoms with E-state index in [0.717, 1.165) is 22.9 Å². The highest BCUT2D eigenvalue weighted by molar-refractivity contribution is 5.96. The van der Waals surface area contributed by atoms with Gasteiger partial charge in [0, 0.05) is 17.3 Å². The number of amides is 1. The number of primary amides is 1. The van der Waals surface area contributed by atoms with Crippen LogP contribution in [0, 0.1) is 17.5 Å². The zero-order chi connectivity index (χ0) is 20.0. The average Bonchev–Trinajstić information content (AvgIpc) is 3.02. The number of nitrogens with zero attached hydrogens (tertiary/aromatic N) is 2. The summed E-state index contributed by atoms with van der Waals surface area (Å²) in [4.78, 5) is 26.0. The molecule has 0 spiro atoms. The van der Waals surface area contributed by atoms with Crippen LogP contribution in [-0.4, -0.2) is 20.7 Å². The van der Waals surface area contributed by atoms with Crippen LogP contribution >= 0.6 is 0 Å². The highest BCUT2D eigenvalue weighted by Gasteiger charge is 2.22. The standard InChI is InChI=1S/C19H11F3N4O2.CH4/c20-11-2-1-3-12(21)17(11)26-14-6-7-24-19(28)15(14)16(25-26)10-5-4-9(18(23)27)8-13(10)22;/h1-8H,(H2,23,27)(H,24,28);1H4. The number of fused-ring (bicyclic) bond motifs is 1. The van der Waals surface area contributed by atoms with Crippen molar-refractivity contribution in [1.82, 2.24) is 14.8 Å². The summed E-state index contributed by atoms with van der Waals surface area (Å²) in [5.41, 5.74) is 3.78. The summed E-state index contributed by atoms with van der Waals surface area (Å²) in [6.07, 6.45) is 1.29. The number of carbonyl (C=O) groups excluding carboxylic acids is 1. The second kappa shape index (κ2) is 7.27. The van der Waals surface area contributed by atoms with Gasteiger partial charge < -0.3 is 10.7 Å². The number of nitrogens with one attached hydrogen (secondary N) is 1. The van der Waals surface area contributed by atoms with Crippen molar-refractivity contribution in [3.63, 3.8) is 0 Å². The average molecular weight is 400 g/mol. The third kappa shape index (κ3) is 3.16. The predicted molar refractivity (Wildman–Crippen MR) is 102 cm³/mol. The van der Waals surface area contributed by atoms with Gasteiger partial charge in [0.1, 0.15) is 17.2 Å². The van der Waals surface area contributed by atoms with Crippen molar-refractivity contribution >= 4 is 16.8 Å². The lowest BCUT2D eigenvalue weighted by molar-refractivity contribution is 0.1000. The van der Waals surface area contributed by atoms with E-state index in [1.165, 1.54) is 30.5 Å². The molecule has 6 nitrogen and oxygen atoms in total. The number of aromatic amines is 1. The molecule has 0 aliphatic rings. The maximum Gasteiger partial charge on any atom is 0.259 e. The predicted octanol–water partition coefficient (Wildman–Crippen LogP) is 3.53. The molecule has 4 aromatic rings. The zero-order valence-electron chi connectivity index (χ0n) is 14.0. The number of pyridine rings is 1. The SMILES string of the molecule is C.NC(=O)c1ccc(-c2nn(-c3c(F)cccc3F)c3cc[nH]c(=O)c23)c(F)c1. The van der Waals surface area contributed by atoms with Crippen LogP contribution in [0.5, 0.6) is 0 Å². The molecular formula is C20H15F3N4O2. The van der Waals surface area contributed by atoms with Crippen molar-refractivity contribution in [3.05, 3.63) is 82.0 Å². The number of rotatable bonds is 3. The van der Waals surface area contributed by atoms with Gasteiger partial charge in [-0.15, -0.1) is 0 Å². The summed E-state index contributed by atoms with van der Waals surface area (Å²) < 4.78 is 44.1.